The fraction of sp³-hybridized carbons (Fsp3) is 0.0588. The van der Waals surface area contributed by atoms with Crippen LogP contribution >= 0.6 is 11.3 Å². The van der Waals surface area contributed by atoms with E-state index in [-0.39, 0.29) is 5.41 Å². The molecule has 0 saturated heterocycles. The van der Waals surface area contributed by atoms with Crippen LogP contribution in [0.4, 0.5) is 17.1 Å². The summed E-state index contributed by atoms with van der Waals surface area (Å²) in [5.41, 5.74) is 11.3. The highest BCUT2D eigenvalue weighted by Crippen LogP contribution is 2.53. The largest absolute Gasteiger partial charge is 0.309 e. The number of rotatable bonds is 4. The smallest absolute Gasteiger partial charge is 0.0640 e. The molecule has 0 unspecified atom stereocenters. The van der Waals surface area contributed by atoms with Crippen LogP contribution in [0.2, 0.25) is 0 Å². The van der Waals surface area contributed by atoms with Crippen molar-refractivity contribution in [2.75, 3.05) is 4.90 Å². The summed E-state index contributed by atoms with van der Waals surface area (Å²) in [6, 6.07) is 65.6. The summed E-state index contributed by atoms with van der Waals surface area (Å²) in [5, 5.41) is 10.2. The first-order chi connectivity index (χ1) is 26.0. The second kappa shape index (κ2) is 11.4. The molecular weight excluding hydrogens is 659 g/mol. The molecule has 0 spiro atoms. The fourth-order valence-electron chi connectivity index (χ4n) is 8.92. The van der Waals surface area contributed by atoms with Crippen molar-refractivity contribution in [3.8, 4) is 22.3 Å². The second-order valence-electron chi connectivity index (χ2n) is 15.0. The highest BCUT2D eigenvalue weighted by Gasteiger charge is 2.36. The van der Waals surface area contributed by atoms with Gasteiger partial charge in [0.15, 0.2) is 0 Å². The van der Waals surface area contributed by atoms with E-state index < -0.39 is 0 Å². The van der Waals surface area contributed by atoms with Crippen molar-refractivity contribution < 1.29 is 0 Å². The van der Waals surface area contributed by atoms with Crippen LogP contribution in [0.15, 0.2) is 176 Å². The maximum atomic E-state index is 2.51. The third kappa shape index (κ3) is 4.62. The molecule has 1 aliphatic carbocycles. The normalized spacial score (nSPS) is 13.2. The molecule has 1 heterocycles. The lowest BCUT2D eigenvalue weighted by Gasteiger charge is -2.28. The maximum Gasteiger partial charge on any atom is 0.0640 e. The molecule has 9 aromatic carbocycles. The Hall–Kier alpha value is -6.22. The van der Waals surface area contributed by atoms with Crippen LogP contribution in [0.3, 0.4) is 0 Å². The van der Waals surface area contributed by atoms with Gasteiger partial charge in [-0.25, -0.2) is 0 Å². The Labute approximate surface area is 313 Å². The molecule has 1 aliphatic rings. The van der Waals surface area contributed by atoms with E-state index in [1.54, 1.807) is 0 Å². The molecule has 0 aliphatic heterocycles. The zero-order chi connectivity index (χ0) is 35.3. The summed E-state index contributed by atoms with van der Waals surface area (Å²) in [7, 11) is 0. The minimum atomic E-state index is -0.101. The Balaban J connectivity index is 1.20. The molecule has 11 rings (SSSR count). The van der Waals surface area contributed by atoms with Crippen molar-refractivity contribution in [2.24, 2.45) is 0 Å². The fourth-order valence-corrected chi connectivity index (χ4v) is 10.1. The zero-order valence-corrected chi connectivity index (χ0v) is 30.4. The standard InChI is InChI=1S/C51H35NS/c1-51(2)46-25-24-38(30-45(46)44-28-34-14-5-6-15-35(34)29-47(44)51)52(48-20-11-19-42-41-18-9-10-21-49(41)53-50(42)48)39-27-36-16-7-8-17-40(36)43(31-39)37-23-22-32-12-3-4-13-33(32)26-37/h3-31H,1-2H3. The van der Waals surface area contributed by atoms with Crippen LogP contribution in [-0.4, -0.2) is 0 Å². The van der Waals surface area contributed by atoms with Gasteiger partial charge in [0.25, 0.3) is 0 Å². The summed E-state index contributed by atoms with van der Waals surface area (Å²) in [6.07, 6.45) is 0. The van der Waals surface area contributed by atoms with Gasteiger partial charge in [-0.15, -0.1) is 11.3 Å². The van der Waals surface area contributed by atoms with E-state index in [1.807, 2.05) is 11.3 Å². The first kappa shape index (κ1) is 30.4. The van der Waals surface area contributed by atoms with Gasteiger partial charge in [-0.2, -0.15) is 0 Å². The molecule has 0 atom stereocenters. The highest BCUT2D eigenvalue weighted by atomic mass is 32.1. The number of anilines is 3. The molecule has 1 nitrogen and oxygen atoms in total. The van der Waals surface area contributed by atoms with Crippen LogP contribution in [0.25, 0.3) is 74.7 Å². The number of benzene rings is 9. The molecule has 1 aromatic heterocycles. The summed E-state index contributed by atoms with van der Waals surface area (Å²) >= 11 is 1.89. The lowest BCUT2D eigenvalue weighted by Crippen LogP contribution is -2.15. The predicted molar refractivity (Wildman–Crippen MR) is 230 cm³/mol. The average Bonchev–Trinajstić information content (AvgIpc) is 3.69. The zero-order valence-electron chi connectivity index (χ0n) is 29.6. The Morgan fingerprint density at radius 3 is 1.89 bits per heavy atom. The first-order valence-corrected chi connectivity index (χ1v) is 19.2. The number of nitrogens with zero attached hydrogens (tertiary/aromatic N) is 1. The topological polar surface area (TPSA) is 3.24 Å². The number of fused-ring (bicyclic) bond motifs is 9. The Morgan fingerprint density at radius 1 is 0.415 bits per heavy atom. The van der Waals surface area contributed by atoms with E-state index in [2.05, 4.69) is 195 Å². The Kier molecular flexibility index (Phi) is 6.53. The van der Waals surface area contributed by atoms with Crippen LogP contribution in [-0.2, 0) is 5.41 Å². The molecular formula is C51H35NS. The van der Waals surface area contributed by atoms with E-state index in [0.29, 0.717) is 0 Å². The molecule has 2 heteroatoms. The summed E-state index contributed by atoms with van der Waals surface area (Å²) in [5.74, 6) is 0. The predicted octanol–water partition coefficient (Wildman–Crippen LogP) is 15.0. The number of thiophene rings is 1. The minimum absolute atomic E-state index is 0.101. The SMILES string of the molecule is CC1(C)c2ccc(N(c3cc(-c4ccc5ccccc5c4)c4ccccc4c3)c3cccc4c3sc3ccccc34)cc2-c2cc3ccccc3cc21. The molecule has 250 valence electrons. The van der Waals surface area contributed by atoms with Gasteiger partial charge in [0, 0.05) is 32.3 Å². The number of hydrogen-bond donors (Lipinski definition) is 0. The van der Waals surface area contributed by atoms with E-state index in [1.165, 1.54) is 91.6 Å². The Morgan fingerprint density at radius 2 is 1.06 bits per heavy atom. The molecule has 0 N–H and O–H groups in total. The van der Waals surface area contributed by atoms with Crippen LogP contribution in [0.1, 0.15) is 25.0 Å². The monoisotopic (exact) mass is 693 g/mol. The van der Waals surface area contributed by atoms with Gasteiger partial charge < -0.3 is 4.90 Å². The van der Waals surface area contributed by atoms with E-state index in [4.69, 9.17) is 0 Å². The lowest BCUT2D eigenvalue weighted by molar-refractivity contribution is 0.661. The average molecular weight is 694 g/mol. The third-order valence-corrected chi connectivity index (χ3v) is 12.8. The lowest BCUT2D eigenvalue weighted by atomic mass is 9.82. The van der Waals surface area contributed by atoms with Gasteiger partial charge in [0.05, 0.1) is 10.4 Å². The highest BCUT2D eigenvalue weighted by molar-refractivity contribution is 7.26. The molecule has 0 bridgehead atoms. The van der Waals surface area contributed by atoms with Gasteiger partial charge in [-0.1, -0.05) is 135 Å². The van der Waals surface area contributed by atoms with E-state index >= 15 is 0 Å². The van der Waals surface area contributed by atoms with E-state index in [9.17, 15) is 0 Å². The molecule has 53 heavy (non-hydrogen) atoms. The minimum Gasteiger partial charge on any atom is -0.309 e. The van der Waals surface area contributed by atoms with Crippen LogP contribution in [0, 0.1) is 0 Å². The van der Waals surface area contributed by atoms with Crippen molar-refractivity contribution in [1.82, 2.24) is 0 Å². The van der Waals surface area contributed by atoms with Crippen molar-refractivity contribution in [3.05, 3.63) is 187 Å². The van der Waals surface area contributed by atoms with Gasteiger partial charge in [0.2, 0.25) is 0 Å². The molecule has 0 saturated carbocycles. The summed E-state index contributed by atoms with van der Waals surface area (Å²) < 4.78 is 2.60. The van der Waals surface area contributed by atoms with Gasteiger partial charge in [-0.05, 0) is 120 Å². The van der Waals surface area contributed by atoms with Crippen LogP contribution < -0.4 is 4.90 Å². The van der Waals surface area contributed by atoms with Gasteiger partial charge in [0.1, 0.15) is 0 Å². The Bertz CT molecular complexity index is 3110. The van der Waals surface area contributed by atoms with Crippen molar-refractivity contribution in [2.45, 2.75) is 19.3 Å². The van der Waals surface area contributed by atoms with E-state index in [0.717, 1.165) is 11.4 Å². The molecule has 0 amide bonds. The molecule has 10 aromatic rings. The van der Waals surface area contributed by atoms with Gasteiger partial charge >= 0.3 is 0 Å². The van der Waals surface area contributed by atoms with Crippen molar-refractivity contribution >= 4 is 80.9 Å². The summed E-state index contributed by atoms with van der Waals surface area (Å²) in [4.78, 5) is 2.51. The number of hydrogen-bond acceptors (Lipinski definition) is 2. The first-order valence-electron chi connectivity index (χ1n) is 18.4. The van der Waals surface area contributed by atoms with Crippen molar-refractivity contribution in [3.63, 3.8) is 0 Å². The second-order valence-corrected chi connectivity index (χ2v) is 16.0. The van der Waals surface area contributed by atoms with Crippen molar-refractivity contribution in [1.29, 1.82) is 0 Å². The van der Waals surface area contributed by atoms with Gasteiger partial charge in [-0.3, -0.25) is 0 Å². The third-order valence-electron chi connectivity index (χ3n) is 11.6. The summed E-state index contributed by atoms with van der Waals surface area (Å²) in [6.45, 7) is 4.75. The molecule has 0 radical (unpaired) electrons. The quantitative estimate of drug-likeness (QED) is 0.177. The molecule has 0 fully saturated rings. The maximum absolute atomic E-state index is 2.51. The van der Waals surface area contributed by atoms with Crippen LogP contribution in [0.5, 0.6) is 0 Å².